The van der Waals surface area contributed by atoms with Crippen LogP contribution in [0.15, 0.2) is 16.7 Å². The number of H-pyrrole nitrogens is 1. The topological polar surface area (TPSA) is 108 Å². The van der Waals surface area contributed by atoms with Crippen LogP contribution in [0.3, 0.4) is 0 Å². The molecule has 0 amide bonds. The molecule has 0 radical (unpaired) electrons. The molecule has 0 bridgehead atoms. The van der Waals surface area contributed by atoms with Gasteiger partial charge in [-0.05, 0) is 25.5 Å². The third-order valence-corrected chi connectivity index (χ3v) is 3.51. The fourth-order valence-corrected chi connectivity index (χ4v) is 2.30. The van der Waals surface area contributed by atoms with Gasteiger partial charge in [-0.1, -0.05) is 0 Å². The molecule has 8 heteroatoms. The Kier molecular flexibility index (Phi) is 5.08. The molecule has 2 rings (SSSR count). The van der Waals surface area contributed by atoms with Crippen molar-refractivity contribution >= 4 is 17.9 Å². The first-order valence-electron chi connectivity index (χ1n) is 7.00. The van der Waals surface area contributed by atoms with Gasteiger partial charge in [-0.3, -0.25) is 0 Å². The molecule has 0 unspecified atom stereocenters. The van der Waals surface area contributed by atoms with Crippen molar-refractivity contribution in [2.75, 3.05) is 14.2 Å². The molecular formula is C16H17NO7. The summed E-state index contributed by atoms with van der Waals surface area (Å²) in [5.74, 6) is -1.89. The average Bonchev–Trinajstić information content (AvgIpc) is 3.15. The Balaban J connectivity index is 2.16. The molecule has 8 nitrogen and oxygen atoms in total. The van der Waals surface area contributed by atoms with Crippen molar-refractivity contribution < 1.29 is 33.0 Å². The van der Waals surface area contributed by atoms with Crippen LogP contribution in [-0.2, 0) is 20.8 Å². The van der Waals surface area contributed by atoms with E-state index in [1.807, 2.05) is 0 Å². The zero-order valence-corrected chi connectivity index (χ0v) is 13.7. The van der Waals surface area contributed by atoms with Gasteiger partial charge in [0, 0.05) is 11.3 Å². The normalized spacial score (nSPS) is 10.3. The fraction of sp³-hybridized carbons (Fsp3) is 0.312. The standard InChI is InChI=1S/C16H17NO7/c1-8-11(14(18)21-3)9(2)17-12(8)15(19)24-7-10-5-6-23-13(10)16(20)22-4/h5-6,17H,7H2,1-4H3. The van der Waals surface area contributed by atoms with Crippen molar-refractivity contribution in [3.63, 3.8) is 0 Å². The largest absolute Gasteiger partial charge is 0.465 e. The predicted molar refractivity (Wildman–Crippen MR) is 80.8 cm³/mol. The minimum atomic E-state index is -0.664. The van der Waals surface area contributed by atoms with Crippen LogP contribution in [0.5, 0.6) is 0 Å². The molecule has 0 aliphatic heterocycles. The highest BCUT2D eigenvalue weighted by atomic mass is 16.5. The first-order chi connectivity index (χ1) is 11.4. The average molecular weight is 335 g/mol. The van der Waals surface area contributed by atoms with Gasteiger partial charge in [0.15, 0.2) is 0 Å². The van der Waals surface area contributed by atoms with Gasteiger partial charge >= 0.3 is 17.9 Å². The molecule has 0 aliphatic rings. The van der Waals surface area contributed by atoms with Gasteiger partial charge in [-0.25, -0.2) is 14.4 Å². The van der Waals surface area contributed by atoms with E-state index >= 15 is 0 Å². The highest BCUT2D eigenvalue weighted by Gasteiger charge is 2.24. The maximum absolute atomic E-state index is 12.2. The number of aromatic nitrogens is 1. The van der Waals surface area contributed by atoms with Crippen LogP contribution in [0.4, 0.5) is 0 Å². The zero-order valence-electron chi connectivity index (χ0n) is 13.7. The van der Waals surface area contributed by atoms with Crippen molar-refractivity contribution in [2.24, 2.45) is 0 Å². The lowest BCUT2D eigenvalue weighted by Crippen LogP contribution is -2.10. The molecule has 0 spiro atoms. The summed E-state index contributed by atoms with van der Waals surface area (Å²) in [6.07, 6.45) is 1.30. The number of hydrogen-bond donors (Lipinski definition) is 1. The van der Waals surface area contributed by atoms with E-state index in [1.54, 1.807) is 13.8 Å². The summed E-state index contributed by atoms with van der Waals surface area (Å²) in [6.45, 7) is 3.09. The Labute approximate surface area is 137 Å². The number of esters is 3. The Morgan fingerprint density at radius 3 is 2.38 bits per heavy atom. The summed E-state index contributed by atoms with van der Waals surface area (Å²) in [7, 11) is 2.49. The lowest BCUT2D eigenvalue weighted by molar-refractivity contribution is 0.0447. The summed E-state index contributed by atoms with van der Waals surface area (Å²) in [4.78, 5) is 38.3. The number of carbonyl (C=O) groups is 3. The molecule has 0 saturated heterocycles. The highest BCUT2D eigenvalue weighted by Crippen LogP contribution is 2.20. The Morgan fingerprint density at radius 1 is 1.08 bits per heavy atom. The first-order valence-corrected chi connectivity index (χ1v) is 7.00. The maximum atomic E-state index is 12.2. The molecule has 0 atom stereocenters. The van der Waals surface area contributed by atoms with Crippen LogP contribution in [0, 0.1) is 13.8 Å². The van der Waals surface area contributed by atoms with Crippen molar-refractivity contribution in [1.29, 1.82) is 0 Å². The summed E-state index contributed by atoms with van der Waals surface area (Å²) in [5.41, 5.74) is 1.76. The van der Waals surface area contributed by atoms with Gasteiger partial charge in [-0.15, -0.1) is 0 Å². The van der Waals surface area contributed by atoms with Gasteiger partial charge in [0.05, 0.1) is 26.0 Å². The molecule has 0 fully saturated rings. The number of hydrogen-bond acceptors (Lipinski definition) is 7. The zero-order chi connectivity index (χ0) is 17.9. The van der Waals surface area contributed by atoms with Crippen molar-refractivity contribution in [2.45, 2.75) is 20.5 Å². The monoisotopic (exact) mass is 335 g/mol. The van der Waals surface area contributed by atoms with Gasteiger partial charge in [0.25, 0.3) is 0 Å². The highest BCUT2D eigenvalue weighted by molar-refractivity contribution is 5.98. The number of aryl methyl sites for hydroxylation is 1. The number of methoxy groups -OCH3 is 2. The second-order valence-corrected chi connectivity index (χ2v) is 4.96. The van der Waals surface area contributed by atoms with Gasteiger partial charge in [-0.2, -0.15) is 0 Å². The number of aromatic amines is 1. The van der Waals surface area contributed by atoms with Crippen molar-refractivity contribution in [3.05, 3.63) is 46.2 Å². The predicted octanol–water partition coefficient (Wildman–Crippen LogP) is 2.15. The number of ether oxygens (including phenoxy) is 3. The van der Waals surface area contributed by atoms with E-state index in [1.165, 1.54) is 26.5 Å². The van der Waals surface area contributed by atoms with Crippen LogP contribution < -0.4 is 0 Å². The molecule has 2 heterocycles. The van der Waals surface area contributed by atoms with Crippen LogP contribution in [0.1, 0.15) is 48.2 Å². The molecule has 2 aromatic rings. The SMILES string of the molecule is COC(=O)c1occc1COC(=O)c1[nH]c(C)c(C(=O)OC)c1C. The van der Waals surface area contributed by atoms with Crippen LogP contribution in [0.25, 0.3) is 0 Å². The van der Waals surface area contributed by atoms with Crippen LogP contribution in [0.2, 0.25) is 0 Å². The summed E-state index contributed by atoms with van der Waals surface area (Å²) in [5, 5.41) is 0. The minimum Gasteiger partial charge on any atom is -0.465 e. The van der Waals surface area contributed by atoms with Crippen LogP contribution in [-0.4, -0.2) is 37.1 Å². The Morgan fingerprint density at radius 2 is 1.75 bits per heavy atom. The number of rotatable bonds is 5. The summed E-state index contributed by atoms with van der Waals surface area (Å²) in [6, 6.07) is 1.51. The summed E-state index contributed by atoms with van der Waals surface area (Å²) < 4.78 is 19.5. The lowest BCUT2D eigenvalue weighted by Gasteiger charge is -2.04. The quantitative estimate of drug-likeness (QED) is 0.659. The van der Waals surface area contributed by atoms with Gasteiger partial charge < -0.3 is 23.6 Å². The molecule has 24 heavy (non-hydrogen) atoms. The van der Waals surface area contributed by atoms with E-state index < -0.39 is 17.9 Å². The molecule has 0 aliphatic carbocycles. The van der Waals surface area contributed by atoms with E-state index in [0.717, 1.165) is 0 Å². The van der Waals surface area contributed by atoms with E-state index in [2.05, 4.69) is 14.5 Å². The van der Waals surface area contributed by atoms with Gasteiger partial charge in [0.2, 0.25) is 5.76 Å². The van der Waals surface area contributed by atoms with E-state index in [-0.39, 0.29) is 18.1 Å². The van der Waals surface area contributed by atoms with Gasteiger partial charge in [0.1, 0.15) is 12.3 Å². The second kappa shape index (κ2) is 7.03. The number of nitrogens with one attached hydrogen (secondary N) is 1. The molecule has 1 N–H and O–H groups in total. The third-order valence-electron chi connectivity index (χ3n) is 3.51. The molecule has 0 saturated carbocycles. The minimum absolute atomic E-state index is 0.0278. The molecule has 2 aromatic heterocycles. The van der Waals surface area contributed by atoms with E-state index in [4.69, 9.17) is 9.15 Å². The number of furan rings is 1. The first kappa shape index (κ1) is 17.3. The molecule has 0 aromatic carbocycles. The Hall–Kier alpha value is -3.03. The number of carbonyl (C=O) groups excluding carboxylic acids is 3. The third kappa shape index (κ3) is 3.17. The second-order valence-electron chi connectivity index (χ2n) is 4.96. The lowest BCUT2D eigenvalue weighted by atomic mass is 10.1. The fourth-order valence-electron chi connectivity index (χ4n) is 2.30. The smallest absolute Gasteiger partial charge is 0.374 e. The van der Waals surface area contributed by atoms with E-state index in [0.29, 0.717) is 22.4 Å². The summed E-state index contributed by atoms with van der Waals surface area (Å²) >= 11 is 0. The molecule has 128 valence electrons. The maximum Gasteiger partial charge on any atom is 0.374 e. The van der Waals surface area contributed by atoms with Crippen molar-refractivity contribution in [3.8, 4) is 0 Å². The van der Waals surface area contributed by atoms with E-state index in [9.17, 15) is 14.4 Å². The molecular weight excluding hydrogens is 318 g/mol. The van der Waals surface area contributed by atoms with Crippen LogP contribution >= 0.6 is 0 Å². The Bertz CT molecular complexity index is 784. The van der Waals surface area contributed by atoms with Crippen molar-refractivity contribution in [1.82, 2.24) is 4.98 Å².